The van der Waals surface area contributed by atoms with Gasteiger partial charge in [-0.1, -0.05) is 32.9 Å². The molecule has 0 radical (unpaired) electrons. The van der Waals surface area contributed by atoms with Crippen LogP contribution in [0.4, 0.5) is 4.39 Å². The Kier molecular flexibility index (Phi) is 6.12. The molecular formula is C14H22FNOS. The predicted molar refractivity (Wildman–Crippen MR) is 75.6 cm³/mol. The summed E-state index contributed by atoms with van der Waals surface area (Å²) in [5.41, 5.74) is 1.01. The van der Waals surface area contributed by atoms with E-state index in [1.165, 1.54) is 6.07 Å². The molecule has 0 bridgehead atoms. The van der Waals surface area contributed by atoms with E-state index in [0.29, 0.717) is 13.2 Å². The zero-order chi connectivity index (χ0) is 13.6. The summed E-state index contributed by atoms with van der Waals surface area (Å²) in [7, 11) is 1.67. The lowest BCUT2D eigenvalue weighted by Crippen LogP contribution is -2.19. The Morgan fingerprint density at radius 2 is 2.06 bits per heavy atom. The molecule has 4 heteroatoms. The van der Waals surface area contributed by atoms with Gasteiger partial charge in [0.15, 0.2) is 0 Å². The van der Waals surface area contributed by atoms with Gasteiger partial charge in [-0.25, -0.2) is 4.39 Å². The van der Waals surface area contributed by atoms with Gasteiger partial charge in [0, 0.05) is 29.8 Å². The van der Waals surface area contributed by atoms with Crippen molar-refractivity contribution in [3.8, 4) is 0 Å². The minimum atomic E-state index is -0.138. The van der Waals surface area contributed by atoms with Crippen LogP contribution in [0.5, 0.6) is 0 Å². The minimum absolute atomic E-state index is 0.00345. The molecular weight excluding hydrogens is 249 g/mol. The molecule has 0 spiro atoms. The van der Waals surface area contributed by atoms with E-state index in [9.17, 15) is 4.39 Å². The Morgan fingerprint density at radius 3 is 2.67 bits per heavy atom. The van der Waals surface area contributed by atoms with E-state index in [1.54, 1.807) is 24.9 Å². The van der Waals surface area contributed by atoms with Gasteiger partial charge in [0.2, 0.25) is 0 Å². The summed E-state index contributed by atoms with van der Waals surface area (Å²) in [4.78, 5) is 0.745. The highest BCUT2D eigenvalue weighted by atomic mass is 32.2. The molecule has 1 N–H and O–H groups in total. The van der Waals surface area contributed by atoms with Crippen molar-refractivity contribution in [1.29, 1.82) is 0 Å². The first-order valence-electron chi connectivity index (χ1n) is 6.10. The fraction of sp³-hybridized carbons (Fsp3) is 0.571. The molecule has 0 unspecified atom stereocenters. The van der Waals surface area contributed by atoms with E-state index < -0.39 is 0 Å². The quantitative estimate of drug-likeness (QED) is 0.632. The van der Waals surface area contributed by atoms with E-state index in [-0.39, 0.29) is 10.6 Å². The van der Waals surface area contributed by atoms with Crippen molar-refractivity contribution in [3.05, 3.63) is 29.6 Å². The Labute approximate surface area is 113 Å². The second kappa shape index (κ2) is 7.12. The monoisotopic (exact) mass is 271 g/mol. The van der Waals surface area contributed by atoms with E-state index in [0.717, 1.165) is 17.0 Å². The van der Waals surface area contributed by atoms with Gasteiger partial charge in [-0.15, -0.1) is 11.8 Å². The Bertz CT molecular complexity index is 377. The molecule has 0 saturated carbocycles. The van der Waals surface area contributed by atoms with Crippen LogP contribution in [0.25, 0.3) is 0 Å². The summed E-state index contributed by atoms with van der Waals surface area (Å²) < 4.78 is 18.9. The number of rotatable bonds is 6. The first-order chi connectivity index (χ1) is 8.44. The fourth-order valence-corrected chi connectivity index (χ4v) is 2.56. The van der Waals surface area contributed by atoms with Gasteiger partial charge in [-0.2, -0.15) is 0 Å². The van der Waals surface area contributed by atoms with E-state index in [1.807, 2.05) is 6.07 Å². The van der Waals surface area contributed by atoms with E-state index >= 15 is 0 Å². The third-order valence-corrected chi connectivity index (χ3v) is 3.53. The average Bonchev–Trinajstić information content (AvgIpc) is 2.27. The third kappa shape index (κ3) is 5.38. The molecule has 0 amide bonds. The maximum absolute atomic E-state index is 13.9. The molecule has 0 aliphatic carbocycles. The molecule has 0 aliphatic rings. The van der Waals surface area contributed by atoms with Gasteiger partial charge >= 0.3 is 0 Å². The SMILES string of the molecule is COCCNCc1cccc(F)c1SC(C)(C)C. The first-order valence-corrected chi connectivity index (χ1v) is 6.92. The molecule has 1 aromatic carbocycles. The Morgan fingerprint density at radius 1 is 1.33 bits per heavy atom. The van der Waals surface area contributed by atoms with Gasteiger partial charge in [0.25, 0.3) is 0 Å². The normalized spacial score (nSPS) is 11.8. The summed E-state index contributed by atoms with van der Waals surface area (Å²) in [6, 6.07) is 5.25. The number of hydrogen-bond acceptors (Lipinski definition) is 3. The van der Waals surface area contributed by atoms with Gasteiger partial charge in [-0.3, -0.25) is 0 Å². The van der Waals surface area contributed by atoms with Crippen molar-refractivity contribution in [2.75, 3.05) is 20.3 Å². The number of ether oxygens (including phenoxy) is 1. The van der Waals surface area contributed by atoms with Crippen LogP contribution < -0.4 is 5.32 Å². The van der Waals surface area contributed by atoms with Crippen molar-refractivity contribution in [2.45, 2.75) is 37.0 Å². The zero-order valence-electron chi connectivity index (χ0n) is 11.5. The molecule has 1 rings (SSSR count). The van der Waals surface area contributed by atoms with Crippen LogP contribution >= 0.6 is 11.8 Å². The van der Waals surface area contributed by atoms with E-state index in [4.69, 9.17) is 4.74 Å². The van der Waals surface area contributed by atoms with Crippen LogP contribution in [0.2, 0.25) is 0 Å². The summed E-state index contributed by atoms with van der Waals surface area (Å²) >= 11 is 1.57. The Balaban J connectivity index is 2.74. The van der Waals surface area contributed by atoms with Crippen molar-refractivity contribution in [1.82, 2.24) is 5.32 Å². The van der Waals surface area contributed by atoms with Crippen molar-refractivity contribution in [3.63, 3.8) is 0 Å². The smallest absolute Gasteiger partial charge is 0.137 e. The molecule has 1 aromatic rings. The zero-order valence-corrected chi connectivity index (χ0v) is 12.4. The summed E-state index contributed by atoms with van der Waals surface area (Å²) in [6.45, 7) is 8.37. The van der Waals surface area contributed by atoms with Crippen molar-refractivity contribution >= 4 is 11.8 Å². The van der Waals surface area contributed by atoms with Gasteiger partial charge in [0.05, 0.1) is 6.61 Å². The number of hydrogen-bond donors (Lipinski definition) is 1. The summed E-state index contributed by atoms with van der Waals surface area (Å²) in [6.07, 6.45) is 0. The lowest BCUT2D eigenvalue weighted by atomic mass is 10.2. The van der Waals surface area contributed by atoms with Gasteiger partial charge in [0.1, 0.15) is 5.82 Å². The van der Waals surface area contributed by atoms with Crippen LogP contribution in [-0.2, 0) is 11.3 Å². The molecule has 0 atom stereocenters. The third-order valence-electron chi connectivity index (χ3n) is 2.26. The summed E-state index contributed by atoms with van der Waals surface area (Å²) in [5.74, 6) is -0.138. The molecule has 0 saturated heterocycles. The highest BCUT2D eigenvalue weighted by Crippen LogP contribution is 2.35. The summed E-state index contributed by atoms with van der Waals surface area (Å²) in [5, 5.41) is 3.25. The maximum Gasteiger partial charge on any atom is 0.137 e. The van der Waals surface area contributed by atoms with Crippen LogP contribution in [0.1, 0.15) is 26.3 Å². The van der Waals surface area contributed by atoms with Crippen molar-refractivity contribution in [2.24, 2.45) is 0 Å². The topological polar surface area (TPSA) is 21.3 Å². The molecule has 0 fully saturated rings. The first kappa shape index (κ1) is 15.5. The minimum Gasteiger partial charge on any atom is -0.383 e. The Hall–Kier alpha value is -0.580. The number of halogens is 1. The van der Waals surface area contributed by atoms with Crippen LogP contribution in [0, 0.1) is 5.82 Å². The number of thioether (sulfide) groups is 1. The van der Waals surface area contributed by atoms with E-state index in [2.05, 4.69) is 26.1 Å². The van der Waals surface area contributed by atoms with Crippen LogP contribution in [0.15, 0.2) is 23.1 Å². The largest absolute Gasteiger partial charge is 0.383 e. The molecule has 2 nitrogen and oxygen atoms in total. The highest BCUT2D eigenvalue weighted by molar-refractivity contribution is 8.00. The van der Waals surface area contributed by atoms with Crippen LogP contribution in [0.3, 0.4) is 0 Å². The average molecular weight is 271 g/mol. The number of methoxy groups -OCH3 is 1. The predicted octanol–water partition coefficient (Wildman–Crippen LogP) is 3.45. The molecule has 18 heavy (non-hydrogen) atoms. The molecule has 0 aromatic heterocycles. The number of nitrogens with one attached hydrogen (secondary N) is 1. The number of benzene rings is 1. The lowest BCUT2D eigenvalue weighted by Gasteiger charge is -2.20. The second-order valence-electron chi connectivity index (χ2n) is 5.11. The van der Waals surface area contributed by atoms with Gasteiger partial charge in [-0.05, 0) is 11.6 Å². The van der Waals surface area contributed by atoms with Crippen molar-refractivity contribution < 1.29 is 9.13 Å². The molecule has 102 valence electrons. The second-order valence-corrected chi connectivity index (χ2v) is 6.95. The molecule has 0 aliphatic heterocycles. The van der Waals surface area contributed by atoms with Gasteiger partial charge < -0.3 is 10.1 Å². The lowest BCUT2D eigenvalue weighted by molar-refractivity contribution is 0.199. The fourth-order valence-electron chi connectivity index (χ4n) is 1.51. The standard InChI is InChI=1S/C14H22FNOS/c1-14(2,3)18-13-11(6-5-7-12(13)15)10-16-8-9-17-4/h5-7,16H,8-10H2,1-4H3. The van der Waals surface area contributed by atoms with Crippen LogP contribution in [-0.4, -0.2) is 25.0 Å². The maximum atomic E-state index is 13.9. The highest BCUT2D eigenvalue weighted by Gasteiger charge is 2.17. The molecule has 0 heterocycles.